The molecular weight excluding hydrogens is 387 g/mol. The Balaban J connectivity index is 3.01. The lowest BCUT2D eigenvalue weighted by Gasteiger charge is -2.21. The first kappa shape index (κ1) is 22.1. The molecule has 1 rings (SSSR count). The van der Waals surface area contributed by atoms with Crippen LogP contribution in [0.5, 0.6) is 5.88 Å². The number of hydrogen-bond donors (Lipinski definition) is 0. The van der Waals surface area contributed by atoms with Gasteiger partial charge in [-0.15, -0.1) is 0 Å². The summed E-state index contributed by atoms with van der Waals surface area (Å²) in [6, 6.07) is 0. The summed E-state index contributed by atoms with van der Waals surface area (Å²) in [4.78, 5) is 8.90. The monoisotopic (exact) mass is 412 g/mol. The molecule has 0 amide bonds. The van der Waals surface area contributed by atoms with E-state index in [2.05, 4.69) is 16.9 Å². The normalized spacial score (nSPS) is 14.0. The predicted octanol–water partition coefficient (Wildman–Crippen LogP) is 5.57. The smallest absolute Gasteiger partial charge is 0.247 e. The molecule has 0 aromatic carbocycles. The quantitative estimate of drug-likeness (QED) is 0.440. The Morgan fingerprint density at radius 2 is 1.88 bits per heavy atom. The van der Waals surface area contributed by atoms with E-state index in [1.807, 2.05) is 27.7 Å². The molecule has 1 aromatic heterocycles. The van der Waals surface area contributed by atoms with Crippen LogP contribution in [0.25, 0.3) is 0 Å². The van der Waals surface area contributed by atoms with Gasteiger partial charge in [0.15, 0.2) is 0 Å². The van der Waals surface area contributed by atoms with Gasteiger partial charge in [-0.1, -0.05) is 43.8 Å². The van der Waals surface area contributed by atoms with Crippen molar-refractivity contribution in [1.82, 2.24) is 9.97 Å². The second-order valence-electron chi connectivity index (χ2n) is 5.21. The van der Waals surface area contributed by atoms with Gasteiger partial charge in [0.05, 0.1) is 25.5 Å². The highest BCUT2D eigenvalue weighted by molar-refractivity contribution is 8.67. The lowest BCUT2D eigenvalue weighted by Crippen LogP contribution is -2.07. The van der Waals surface area contributed by atoms with E-state index in [1.165, 1.54) is 0 Å². The molecule has 1 aromatic rings. The average Bonchev–Trinajstić information content (AvgIpc) is 2.54. The summed E-state index contributed by atoms with van der Waals surface area (Å²) in [5.41, 5.74) is -1.81. The highest BCUT2D eigenvalue weighted by Crippen LogP contribution is 2.61. The minimum atomic E-state index is -2.40. The maximum Gasteiger partial charge on any atom is 0.247 e. The van der Waals surface area contributed by atoms with Crippen molar-refractivity contribution in [2.75, 3.05) is 19.0 Å². The van der Waals surface area contributed by atoms with Crippen molar-refractivity contribution in [3.63, 3.8) is 0 Å². The largest absolute Gasteiger partial charge is 0.477 e. The van der Waals surface area contributed by atoms with E-state index >= 15 is 0 Å². The molecule has 0 unspecified atom stereocenters. The molecule has 0 spiro atoms. The van der Waals surface area contributed by atoms with Crippen molar-refractivity contribution < 1.29 is 13.8 Å². The van der Waals surface area contributed by atoms with Gasteiger partial charge in [0, 0.05) is 11.7 Å². The zero-order chi connectivity index (χ0) is 18.2. The van der Waals surface area contributed by atoms with Gasteiger partial charge < -0.3 is 13.8 Å². The van der Waals surface area contributed by atoms with Crippen LogP contribution in [0.2, 0.25) is 5.02 Å². The van der Waals surface area contributed by atoms with Crippen molar-refractivity contribution >= 4 is 40.5 Å². The molecule has 0 aliphatic carbocycles. The van der Waals surface area contributed by atoms with Crippen LogP contribution in [0, 0.1) is 0 Å². The van der Waals surface area contributed by atoms with E-state index in [0.29, 0.717) is 35.6 Å². The molecule has 1 atom stereocenters. The van der Waals surface area contributed by atoms with Crippen LogP contribution >= 0.6 is 28.7 Å². The van der Waals surface area contributed by atoms with E-state index in [0.717, 1.165) is 12.2 Å². The number of ether oxygens (including phenoxy) is 1. The molecule has 0 aliphatic heterocycles. The Labute approximate surface area is 159 Å². The molecule has 1 heterocycles. The standard InChI is InChI=1S/C15H26ClN2O3PS2/c1-6-9-24-22(23,20-8-3)21-10-12-13(16)15(19-7-2)18-14(17-12)11(4)5/h11H,6-10H2,1-5H3/t22-/m0/s1. The van der Waals surface area contributed by atoms with Gasteiger partial charge in [-0.3, -0.25) is 0 Å². The third-order valence-corrected chi connectivity index (χ3v) is 8.82. The molecule has 5 nitrogen and oxygen atoms in total. The molecule has 0 fully saturated rings. The average molecular weight is 413 g/mol. The molecule has 0 N–H and O–H groups in total. The molecule has 24 heavy (non-hydrogen) atoms. The maximum atomic E-state index is 6.38. The minimum Gasteiger partial charge on any atom is -0.477 e. The summed E-state index contributed by atoms with van der Waals surface area (Å²) >= 11 is 13.5. The molecule has 0 aliphatic rings. The van der Waals surface area contributed by atoms with E-state index in [9.17, 15) is 0 Å². The summed E-state index contributed by atoms with van der Waals surface area (Å²) in [5.74, 6) is 2.12. The molecule has 0 bridgehead atoms. The van der Waals surface area contributed by atoms with E-state index in [4.69, 9.17) is 37.2 Å². The molecule has 0 saturated carbocycles. The number of halogens is 1. The second kappa shape index (κ2) is 10.9. The van der Waals surface area contributed by atoms with Crippen molar-refractivity contribution in [1.29, 1.82) is 0 Å². The first-order valence-corrected chi connectivity index (χ1v) is 12.7. The van der Waals surface area contributed by atoms with E-state index < -0.39 is 5.69 Å². The van der Waals surface area contributed by atoms with Gasteiger partial charge in [0.2, 0.25) is 11.6 Å². The highest BCUT2D eigenvalue weighted by Gasteiger charge is 2.22. The first-order chi connectivity index (χ1) is 11.4. The first-order valence-electron chi connectivity index (χ1n) is 8.09. The number of aromatic nitrogens is 2. The number of nitrogens with zero attached hydrogens (tertiary/aromatic N) is 2. The summed E-state index contributed by atoms with van der Waals surface area (Å²) in [7, 11) is 0. The van der Waals surface area contributed by atoms with Crippen molar-refractivity contribution in [2.45, 2.75) is 53.6 Å². The topological polar surface area (TPSA) is 53.5 Å². The van der Waals surface area contributed by atoms with E-state index in [1.54, 1.807) is 11.4 Å². The fraction of sp³-hybridized carbons (Fsp3) is 0.733. The zero-order valence-electron chi connectivity index (χ0n) is 14.9. The van der Waals surface area contributed by atoms with Crippen molar-refractivity contribution in [3.05, 3.63) is 16.5 Å². The third-order valence-electron chi connectivity index (χ3n) is 2.80. The number of hydrogen-bond acceptors (Lipinski definition) is 7. The van der Waals surface area contributed by atoms with Crippen LogP contribution < -0.4 is 4.74 Å². The molecule has 0 radical (unpaired) electrons. The minimum absolute atomic E-state index is 0.157. The Morgan fingerprint density at radius 3 is 2.42 bits per heavy atom. The van der Waals surface area contributed by atoms with Gasteiger partial charge in [0.25, 0.3) is 0 Å². The number of rotatable bonds is 11. The Hall–Kier alpha value is 0.0900. The molecule has 138 valence electrons. The van der Waals surface area contributed by atoms with Crippen molar-refractivity contribution in [3.8, 4) is 5.88 Å². The zero-order valence-corrected chi connectivity index (χ0v) is 18.2. The van der Waals surface area contributed by atoms with Gasteiger partial charge in [0.1, 0.15) is 10.8 Å². The van der Waals surface area contributed by atoms with Crippen LogP contribution in [0.3, 0.4) is 0 Å². The summed E-state index contributed by atoms with van der Waals surface area (Å²) in [6.45, 7) is 11.1. The molecule has 0 saturated heterocycles. The van der Waals surface area contributed by atoms with Gasteiger partial charge in [-0.05, 0) is 32.1 Å². The Kier molecular flexibility index (Phi) is 10.1. The molecule has 9 heteroatoms. The Bertz CT molecular complexity index is 576. The predicted molar refractivity (Wildman–Crippen MR) is 106 cm³/mol. The second-order valence-corrected chi connectivity index (χ2v) is 12.0. The van der Waals surface area contributed by atoms with Crippen LogP contribution in [-0.4, -0.2) is 28.9 Å². The lowest BCUT2D eigenvalue weighted by atomic mass is 10.2. The SMILES string of the molecule is CCCS[P@@](=S)(OCC)OCc1nc(C(C)C)nc(OCC)c1Cl. The highest BCUT2D eigenvalue weighted by atomic mass is 35.5. The van der Waals surface area contributed by atoms with Gasteiger partial charge >= 0.3 is 0 Å². The van der Waals surface area contributed by atoms with Gasteiger partial charge in [-0.25, -0.2) is 4.98 Å². The third kappa shape index (κ3) is 6.77. The Morgan fingerprint density at radius 1 is 1.17 bits per heavy atom. The maximum absolute atomic E-state index is 6.38. The fourth-order valence-electron chi connectivity index (χ4n) is 1.69. The van der Waals surface area contributed by atoms with Gasteiger partial charge in [-0.2, -0.15) is 4.98 Å². The summed E-state index contributed by atoms with van der Waals surface area (Å²) < 4.78 is 17.2. The van der Waals surface area contributed by atoms with E-state index in [-0.39, 0.29) is 12.5 Å². The van der Waals surface area contributed by atoms with Crippen LogP contribution in [-0.2, 0) is 27.5 Å². The van der Waals surface area contributed by atoms with Crippen LogP contribution in [0.15, 0.2) is 0 Å². The summed E-state index contributed by atoms with van der Waals surface area (Å²) in [6.07, 6.45) is 1.01. The van der Waals surface area contributed by atoms with Crippen molar-refractivity contribution in [2.24, 2.45) is 0 Å². The lowest BCUT2D eigenvalue weighted by molar-refractivity contribution is 0.257. The van der Waals surface area contributed by atoms with Crippen LogP contribution in [0.1, 0.15) is 58.5 Å². The molecular formula is C15H26ClN2O3PS2. The van der Waals surface area contributed by atoms with Crippen LogP contribution in [0.4, 0.5) is 0 Å². The fourth-order valence-corrected chi connectivity index (χ4v) is 6.39. The summed E-state index contributed by atoms with van der Waals surface area (Å²) in [5, 5.41) is 0.375.